The molecule has 2 aromatic rings. The van der Waals surface area contributed by atoms with E-state index >= 15 is 0 Å². The number of H-pyrrole nitrogens is 2. The molecule has 31 heavy (non-hydrogen) atoms. The highest BCUT2D eigenvalue weighted by atomic mass is 19.1. The first-order valence-corrected chi connectivity index (χ1v) is 9.56. The zero-order valence-corrected chi connectivity index (χ0v) is 16.0. The standard InChI is InChI=1S/C18H20FN4O8/c19-10-7-9(30-15(10)23-6-4-13(25)21-18(23)28)8-29-16(26)11-1-2-14(31-11)22-5-3-12(24)20-17(22)27/h3-6,8-11,14-16,26H,1-2,7H2,(H,20,24,27)(H,21,25,28)/t9-,10+,11-,14+,15+,16?/m0/s1. The SMILES string of the molecule is O=c1ccn([C@@H]2O[C@H]([CH]OC(O)[C@@H]3CC[C@H](n4ccc(=O)[nH]c4=O)O3)C[C@H]2F)c(=O)[nH]1. The van der Waals surface area contributed by atoms with Crippen LogP contribution in [0.25, 0.3) is 0 Å². The molecule has 1 radical (unpaired) electrons. The molecule has 1 unspecified atom stereocenters. The Hall–Kier alpha value is -2.87. The summed E-state index contributed by atoms with van der Waals surface area (Å²) >= 11 is 0. The van der Waals surface area contributed by atoms with Crippen LogP contribution in [-0.4, -0.2) is 48.9 Å². The van der Waals surface area contributed by atoms with Crippen molar-refractivity contribution < 1.29 is 23.7 Å². The number of halogens is 1. The van der Waals surface area contributed by atoms with Crippen LogP contribution < -0.4 is 22.5 Å². The third-order valence-corrected chi connectivity index (χ3v) is 5.09. The van der Waals surface area contributed by atoms with E-state index in [2.05, 4.69) is 4.98 Å². The summed E-state index contributed by atoms with van der Waals surface area (Å²) in [7, 11) is 0. The van der Waals surface area contributed by atoms with Crippen LogP contribution in [0, 0.1) is 6.61 Å². The van der Waals surface area contributed by atoms with E-state index < -0.39 is 59.6 Å². The Labute approximate surface area is 172 Å². The van der Waals surface area contributed by atoms with Crippen molar-refractivity contribution in [2.45, 2.75) is 56.4 Å². The van der Waals surface area contributed by atoms with Crippen molar-refractivity contribution in [2.24, 2.45) is 0 Å². The van der Waals surface area contributed by atoms with Crippen LogP contribution in [0.3, 0.4) is 0 Å². The number of nitrogens with zero attached hydrogens (tertiary/aromatic N) is 2. The van der Waals surface area contributed by atoms with Crippen LogP contribution in [-0.2, 0) is 14.2 Å². The van der Waals surface area contributed by atoms with Gasteiger partial charge in [0.2, 0.25) is 0 Å². The number of aromatic amines is 2. The first-order chi connectivity index (χ1) is 14.8. The van der Waals surface area contributed by atoms with Gasteiger partial charge in [0, 0.05) is 30.9 Å². The fraction of sp³-hybridized carbons (Fsp3) is 0.500. The van der Waals surface area contributed by atoms with Crippen LogP contribution in [0.5, 0.6) is 0 Å². The number of hydrogen-bond acceptors (Lipinski definition) is 8. The largest absolute Gasteiger partial charge is 0.366 e. The number of aliphatic hydroxyl groups is 1. The fourth-order valence-electron chi connectivity index (χ4n) is 3.58. The summed E-state index contributed by atoms with van der Waals surface area (Å²) in [6.45, 7) is 1.12. The van der Waals surface area contributed by atoms with Crippen LogP contribution in [0.1, 0.15) is 31.7 Å². The van der Waals surface area contributed by atoms with Crippen LogP contribution in [0.4, 0.5) is 4.39 Å². The molecular weight excluding hydrogens is 419 g/mol. The summed E-state index contributed by atoms with van der Waals surface area (Å²) < 4.78 is 32.8. The Bertz CT molecular complexity index is 1160. The van der Waals surface area contributed by atoms with E-state index in [-0.39, 0.29) is 6.42 Å². The predicted octanol–water partition coefficient (Wildman–Crippen LogP) is -1.11. The molecule has 13 heteroatoms. The molecule has 12 nitrogen and oxygen atoms in total. The smallest absolute Gasteiger partial charge is 0.330 e. The number of alkyl halides is 1. The molecule has 0 aromatic carbocycles. The molecule has 2 aromatic heterocycles. The van der Waals surface area contributed by atoms with Gasteiger partial charge in [0.15, 0.2) is 12.5 Å². The lowest BCUT2D eigenvalue weighted by Crippen LogP contribution is -2.34. The second kappa shape index (κ2) is 8.70. The molecule has 2 saturated heterocycles. The molecule has 0 spiro atoms. The van der Waals surface area contributed by atoms with Crippen molar-refractivity contribution in [3.8, 4) is 0 Å². The summed E-state index contributed by atoms with van der Waals surface area (Å²) in [4.78, 5) is 50.2. The Morgan fingerprint density at radius 1 is 1.06 bits per heavy atom. The number of hydrogen-bond donors (Lipinski definition) is 3. The van der Waals surface area contributed by atoms with Gasteiger partial charge < -0.3 is 19.3 Å². The lowest BCUT2D eigenvalue weighted by atomic mass is 10.2. The van der Waals surface area contributed by atoms with Crippen molar-refractivity contribution in [1.82, 2.24) is 19.1 Å². The maximum Gasteiger partial charge on any atom is 0.330 e. The highest BCUT2D eigenvalue weighted by Crippen LogP contribution is 2.33. The summed E-state index contributed by atoms with van der Waals surface area (Å²) in [5.41, 5.74) is -2.57. The van der Waals surface area contributed by atoms with Gasteiger partial charge in [-0.3, -0.25) is 28.7 Å². The van der Waals surface area contributed by atoms with Crippen molar-refractivity contribution in [3.63, 3.8) is 0 Å². The van der Waals surface area contributed by atoms with E-state index in [1.54, 1.807) is 0 Å². The number of nitrogens with one attached hydrogen (secondary N) is 2. The van der Waals surface area contributed by atoms with Gasteiger partial charge in [-0.2, -0.15) is 0 Å². The second-order valence-electron chi connectivity index (χ2n) is 7.22. The molecule has 0 amide bonds. The van der Waals surface area contributed by atoms with E-state index in [0.29, 0.717) is 12.8 Å². The van der Waals surface area contributed by atoms with Gasteiger partial charge in [-0.15, -0.1) is 0 Å². The van der Waals surface area contributed by atoms with E-state index in [1.807, 2.05) is 4.98 Å². The molecule has 4 heterocycles. The van der Waals surface area contributed by atoms with Crippen LogP contribution in [0.2, 0.25) is 0 Å². The number of ether oxygens (including phenoxy) is 3. The van der Waals surface area contributed by atoms with Crippen molar-refractivity contribution in [3.05, 3.63) is 72.8 Å². The molecule has 2 aliphatic rings. The van der Waals surface area contributed by atoms with Crippen molar-refractivity contribution in [1.29, 1.82) is 0 Å². The van der Waals surface area contributed by atoms with Crippen LogP contribution >= 0.6 is 0 Å². The lowest BCUT2D eigenvalue weighted by molar-refractivity contribution is -0.176. The molecule has 2 aliphatic heterocycles. The predicted molar refractivity (Wildman–Crippen MR) is 101 cm³/mol. The zero-order valence-electron chi connectivity index (χ0n) is 16.0. The third-order valence-electron chi connectivity index (χ3n) is 5.09. The molecular formula is C18H20FN4O8. The van der Waals surface area contributed by atoms with Gasteiger partial charge in [-0.1, -0.05) is 0 Å². The molecule has 167 valence electrons. The normalized spacial score (nSPS) is 29.3. The van der Waals surface area contributed by atoms with E-state index in [4.69, 9.17) is 14.2 Å². The number of aromatic nitrogens is 4. The van der Waals surface area contributed by atoms with Crippen molar-refractivity contribution >= 4 is 0 Å². The summed E-state index contributed by atoms with van der Waals surface area (Å²) in [5.74, 6) is 0. The summed E-state index contributed by atoms with van der Waals surface area (Å²) in [6, 6.07) is 2.27. The summed E-state index contributed by atoms with van der Waals surface area (Å²) in [5, 5.41) is 10.2. The van der Waals surface area contributed by atoms with Gasteiger partial charge >= 0.3 is 11.4 Å². The first-order valence-electron chi connectivity index (χ1n) is 9.56. The topological polar surface area (TPSA) is 158 Å². The average Bonchev–Trinajstić information content (AvgIpc) is 3.33. The maximum absolute atomic E-state index is 14.3. The number of aliphatic hydroxyl groups excluding tert-OH is 1. The number of rotatable bonds is 6. The fourth-order valence-corrected chi connectivity index (χ4v) is 3.58. The van der Waals surface area contributed by atoms with Gasteiger partial charge in [0.05, 0.1) is 6.10 Å². The Morgan fingerprint density at radius 3 is 2.35 bits per heavy atom. The molecule has 3 N–H and O–H groups in total. The molecule has 4 rings (SSSR count). The highest BCUT2D eigenvalue weighted by molar-refractivity contribution is 4.91. The second-order valence-corrected chi connectivity index (χ2v) is 7.22. The minimum Gasteiger partial charge on any atom is -0.366 e. The highest BCUT2D eigenvalue weighted by Gasteiger charge is 2.39. The molecule has 0 bridgehead atoms. The minimum absolute atomic E-state index is 0.121. The quantitative estimate of drug-likeness (QED) is 0.478. The molecule has 2 fully saturated rings. The van der Waals surface area contributed by atoms with Gasteiger partial charge in [-0.05, 0) is 12.8 Å². The minimum atomic E-state index is -1.54. The van der Waals surface area contributed by atoms with Gasteiger partial charge in [0.25, 0.3) is 11.1 Å². The molecule has 6 atom stereocenters. The maximum atomic E-state index is 14.3. The third kappa shape index (κ3) is 4.58. The zero-order chi connectivity index (χ0) is 22.1. The van der Waals surface area contributed by atoms with E-state index in [9.17, 15) is 28.7 Å². The first kappa shape index (κ1) is 21.4. The Morgan fingerprint density at radius 2 is 1.71 bits per heavy atom. The monoisotopic (exact) mass is 439 g/mol. The lowest BCUT2D eigenvalue weighted by Gasteiger charge is -2.21. The molecule has 0 saturated carbocycles. The van der Waals surface area contributed by atoms with Gasteiger partial charge in [-0.25, -0.2) is 14.0 Å². The van der Waals surface area contributed by atoms with E-state index in [1.165, 1.54) is 16.8 Å². The van der Waals surface area contributed by atoms with Gasteiger partial charge in [0.1, 0.15) is 25.1 Å². The van der Waals surface area contributed by atoms with Crippen LogP contribution in [0.15, 0.2) is 43.7 Å². The molecule has 0 aliphatic carbocycles. The van der Waals surface area contributed by atoms with Crippen molar-refractivity contribution in [2.75, 3.05) is 0 Å². The summed E-state index contributed by atoms with van der Waals surface area (Å²) in [6.07, 6.45) is -3.38. The van der Waals surface area contributed by atoms with E-state index in [0.717, 1.165) is 23.4 Å². The Kier molecular flexibility index (Phi) is 6.00. The average molecular weight is 439 g/mol. The Balaban J connectivity index is 1.31.